The second-order valence-corrected chi connectivity index (χ2v) is 6.76. The van der Waals surface area contributed by atoms with Gasteiger partial charge in [0.25, 0.3) is 0 Å². The van der Waals surface area contributed by atoms with E-state index in [0.29, 0.717) is 18.4 Å². The van der Waals surface area contributed by atoms with E-state index in [1.807, 2.05) is 48.7 Å². The first-order chi connectivity index (χ1) is 14.7. The van der Waals surface area contributed by atoms with Crippen LogP contribution in [0.3, 0.4) is 0 Å². The van der Waals surface area contributed by atoms with Gasteiger partial charge < -0.3 is 24.5 Å². The molecule has 0 aliphatic heterocycles. The largest absolute Gasteiger partial charge is 0.497 e. The van der Waals surface area contributed by atoms with Gasteiger partial charge in [-0.15, -0.1) is 12.4 Å². The van der Waals surface area contributed by atoms with E-state index in [0.717, 1.165) is 40.1 Å². The number of nitrogens with zero attached hydrogens (tertiary/aromatic N) is 2. The molecule has 0 unspecified atom stereocenters. The number of methoxy groups -OCH3 is 3. The summed E-state index contributed by atoms with van der Waals surface area (Å²) in [6.07, 6.45) is 2.86. The van der Waals surface area contributed by atoms with Crippen molar-refractivity contribution in [2.45, 2.75) is 6.42 Å². The summed E-state index contributed by atoms with van der Waals surface area (Å²) in [4.78, 5) is 12.2. The summed E-state index contributed by atoms with van der Waals surface area (Å²) in [5.41, 5.74) is 4.00. The monoisotopic (exact) mass is 440 g/mol. The lowest BCUT2D eigenvalue weighted by Crippen LogP contribution is -2.07. The van der Waals surface area contributed by atoms with Gasteiger partial charge in [-0.1, -0.05) is 12.1 Å². The van der Waals surface area contributed by atoms with Crippen molar-refractivity contribution in [2.75, 3.05) is 33.2 Å². The van der Waals surface area contributed by atoms with Crippen LogP contribution in [0.1, 0.15) is 5.56 Å². The Morgan fingerprint density at radius 2 is 1.71 bits per heavy atom. The van der Waals surface area contributed by atoms with E-state index in [9.17, 15) is 0 Å². The number of aromatic nitrogens is 3. The zero-order valence-electron chi connectivity index (χ0n) is 17.6. The Morgan fingerprint density at radius 3 is 2.48 bits per heavy atom. The molecule has 0 aliphatic rings. The van der Waals surface area contributed by atoms with E-state index in [1.54, 1.807) is 21.3 Å². The van der Waals surface area contributed by atoms with Crippen LogP contribution in [0, 0.1) is 0 Å². The molecule has 0 atom stereocenters. The SMILES string of the molecule is COc1cccc(-c2cc(NCCc3c[nH]c4ccc(OC)cc34)nc(OC)n2)c1.Cl. The molecule has 2 aromatic carbocycles. The molecule has 0 aliphatic carbocycles. The van der Waals surface area contributed by atoms with Crippen molar-refractivity contribution in [3.05, 3.63) is 60.3 Å². The van der Waals surface area contributed by atoms with Gasteiger partial charge in [0, 0.05) is 35.3 Å². The minimum Gasteiger partial charge on any atom is -0.497 e. The minimum atomic E-state index is 0. The Balaban J connectivity index is 0.00000272. The van der Waals surface area contributed by atoms with Crippen LogP contribution in [-0.2, 0) is 6.42 Å². The Bertz CT molecular complexity index is 1160. The van der Waals surface area contributed by atoms with E-state index < -0.39 is 0 Å². The number of aromatic amines is 1. The Kier molecular flexibility index (Phi) is 7.20. The molecule has 31 heavy (non-hydrogen) atoms. The van der Waals surface area contributed by atoms with E-state index >= 15 is 0 Å². The van der Waals surface area contributed by atoms with E-state index in [2.05, 4.69) is 26.3 Å². The highest BCUT2D eigenvalue weighted by atomic mass is 35.5. The maximum atomic E-state index is 5.35. The van der Waals surface area contributed by atoms with Crippen molar-refractivity contribution in [1.82, 2.24) is 15.0 Å². The molecule has 0 radical (unpaired) electrons. The van der Waals surface area contributed by atoms with Gasteiger partial charge in [0.1, 0.15) is 17.3 Å². The number of halogens is 1. The van der Waals surface area contributed by atoms with Crippen LogP contribution in [0.15, 0.2) is 54.7 Å². The molecule has 8 heteroatoms. The van der Waals surface area contributed by atoms with Gasteiger partial charge in [-0.3, -0.25) is 0 Å². The standard InChI is InChI=1S/C23H24N4O3.ClH/c1-28-17-6-4-5-15(11-17)21-13-22(27-23(26-21)30-3)24-10-9-16-14-25-20-8-7-18(29-2)12-19(16)20;/h4-8,11-14,25H,9-10H2,1-3H3,(H,24,26,27);1H. The van der Waals surface area contributed by atoms with Crippen molar-refractivity contribution in [2.24, 2.45) is 0 Å². The van der Waals surface area contributed by atoms with Crippen molar-refractivity contribution in [3.63, 3.8) is 0 Å². The van der Waals surface area contributed by atoms with Crippen LogP contribution in [0.4, 0.5) is 5.82 Å². The molecule has 2 aromatic heterocycles. The summed E-state index contributed by atoms with van der Waals surface area (Å²) in [5.74, 6) is 2.33. The van der Waals surface area contributed by atoms with Gasteiger partial charge in [0.2, 0.25) is 0 Å². The van der Waals surface area contributed by atoms with Crippen molar-refractivity contribution >= 4 is 29.1 Å². The first-order valence-electron chi connectivity index (χ1n) is 9.65. The maximum Gasteiger partial charge on any atom is 0.318 e. The summed E-state index contributed by atoms with van der Waals surface area (Å²) in [7, 11) is 4.89. The maximum absolute atomic E-state index is 5.35. The van der Waals surface area contributed by atoms with Crippen LogP contribution in [0.25, 0.3) is 22.2 Å². The smallest absolute Gasteiger partial charge is 0.318 e. The van der Waals surface area contributed by atoms with Crippen LogP contribution in [0.2, 0.25) is 0 Å². The third kappa shape index (κ3) is 5.00. The zero-order chi connectivity index (χ0) is 20.9. The van der Waals surface area contributed by atoms with E-state index in [4.69, 9.17) is 14.2 Å². The average molecular weight is 441 g/mol. The third-order valence-corrected chi connectivity index (χ3v) is 4.93. The molecule has 2 N–H and O–H groups in total. The molecule has 0 fully saturated rings. The van der Waals surface area contributed by atoms with Gasteiger partial charge in [-0.25, -0.2) is 0 Å². The number of H-pyrrole nitrogens is 1. The normalized spacial score (nSPS) is 10.4. The summed E-state index contributed by atoms with van der Waals surface area (Å²) >= 11 is 0. The first kappa shape index (κ1) is 22.2. The highest BCUT2D eigenvalue weighted by Crippen LogP contribution is 2.26. The van der Waals surface area contributed by atoms with Crippen LogP contribution in [0.5, 0.6) is 17.5 Å². The summed E-state index contributed by atoms with van der Waals surface area (Å²) in [6.45, 7) is 0.710. The molecule has 4 rings (SSSR count). The minimum absolute atomic E-state index is 0. The Hall–Kier alpha value is -3.45. The summed E-state index contributed by atoms with van der Waals surface area (Å²) < 4.78 is 16.0. The molecule has 7 nitrogen and oxygen atoms in total. The number of anilines is 1. The van der Waals surface area contributed by atoms with Crippen molar-refractivity contribution < 1.29 is 14.2 Å². The predicted molar refractivity (Wildman–Crippen MR) is 125 cm³/mol. The first-order valence-corrected chi connectivity index (χ1v) is 9.65. The molecule has 162 valence electrons. The predicted octanol–water partition coefficient (Wildman–Crippen LogP) is 4.73. The molecular formula is C23H25ClN4O3. The summed E-state index contributed by atoms with van der Waals surface area (Å²) in [6, 6.07) is 16.0. The van der Waals surface area contributed by atoms with Gasteiger partial charge >= 0.3 is 6.01 Å². The fourth-order valence-corrected chi connectivity index (χ4v) is 3.35. The van der Waals surface area contributed by atoms with Crippen molar-refractivity contribution in [3.8, 4) is 28.8 Å². The second kappa shape index (κ2) is 10.0. The number of nitrogens with one attached hydrogen (secondary N) is 2. The zero-order valence-corrected chi connectivity index (χ0v) is 18.5. The summed E-state index contributed by atoms with van der Waals surface area (Å²) in [5, 5.41) is 4.54. The molecule has 4 aromatic rings. The van der Waals surface area contributed by atoms with Crippen LogP contribution in [-0.4, -0.2) is 42.8 Å². The number of hydrogen-bond donors (Lipinski definition) is 2. The number of ether oxygens (including phenoxy) is 3. The second-order valence-electron chi connectivity index (χ2n) is 6.76. The topological polar surface area (TPSA) is 81.3 Å². The fraction of sp³-hybridized carbons (Fsp3) is 0.217. The highest BCUT2D eigenvalue weighted by molar-refractivity contribution is 5.85. The van der Waals surface area contributed by atoms with Gasteiger partial charge in [-0.2, -0.15) is 9.97 Å². The van der Waals surface area contributed by atoms with E-state index in [1.165, 1.54) is 5.56 Å². The van der Waals surface area contributed by atoms with Gasteiger partial charge in [0.15, 0.2) is 0 Å². The number of benzene rings is 2. The molecule has 0 saturated heterocycles. The van der Waals surface area contributed by atoms with Crippen LogP contribution >= 0.6 is 12.4 Å². The van der Waals surface area contributed by atoms with Gasteiger partial charge in [-0.05, 0) is 42.3 Å². The Morgan fingerprint density at radius 1 is 0.903 bits per heavy atom. The molecule has 2 heterocycles. The molecule has 0 spiro atoms. The average Bonchev–Trinajstić information content (AvgIpc) is 3.21. The molecule has 0 amide bonds. The fourth-order valence-electron chi connectivity index (χ4n) is 3.35. The Labute approximate surface area is 187 Å². The number of rotatable bonds is 8. The number of fused-ring (bicyclic) bond motifs is 1. The third-order valence-electron chi connectivity index (χ3n) is 4.93. The lowest BCUT2D eigenvalue weighted by atomic mass is 10.1. The molecule has 0 saturated carbocycles. The van der Waals surface area contributed by atoms with Crippen molar-refractivity contribution in [1.29, 1.82) is 0 Å². The quantitative estimate of drug-likeness (QED) is 0.412. The van der Waals surface area contributed by atoms with E-state index in [-0.39, 0.29) is 12.4 Å². The highest BCUT2D eigenvalue weighted by Gasteiger charge is 2.09. The lowest BCUT2D eigenvalue weighted by molar-refractivity contribution is 0.381. The lowest BCUT2D eigenvalue weighted by Gasteiger charge is -2.10. The molecule has 0 bridgehead atoms. The molecular weight excluding hydrogens is 416 g/mol. The van der Waals surface area contributed by atoms with Crippen LogP contribution < -0.4 is 19.5 Å². The van der Waals surface area contributed by atoms with Gasteiger partial charge in [0.05, 0.1) is 27.0 Å². The number of hydrogen-bond acceptors (Lipinski definition) is 6.